The number of thiophene rings is 1. The van der Waals surface area contributed by atoms with Gasteiger partial charge in [-0.15, -0.1) is 11.3 Å². The van der Waals surface area contributed by atoms with Gasteiger partial charge in [-0.1, -0.05) is 25.1 Å². The van der Waals surface area contributed by atoms with Crippen LogP contribution in [0, 0.1) is 0 Å². The fourth-order valence-electron chi connectivity index (χ4n) is 2.59. The summed E-state index contributed by atoms with van der Waals surface area (Å²) in [5.74, 6) is 0. The molecule has 3 aromatic rings. The first-order valence-electron chi connectivity index (χ1n) is 7.09. The van der Waals surface area contributed by atoms with E-state index >= 15 is 0 Å². The molecule has 0 fully saturated rings. The van der Waals surface area contributed by atoms with Gasteiger partial charge in [-0.3, -0.25) is 0 Å². The molecule has 20 heavy (non-hydrogen) atoms. The van der Waals surface area contributed by atoms with Crippen LogP contribution in [0.3, 0.4) is 0 Å². The highest BCUT2D eigenvalue weighted by Gasteiger charge is 2.05. The van der Waals surface area contributed by atoms with E-state index in [0.29, 0.717) is 0 Å². The first-order valence-corrected chi connectivity index (χ1v) is 7.91. The third-order valence-corrected chi connectivity index (χ3v) is 4.89. The van der Waals surface area contributed by atoms with E-state index in [0.717, 1.165) is 19.5 Å². The monoisotopic (exact) mass is 284 g/mol. The quantitative estimate of drug-likeness (QED) is 0.746. The summed E-state index contributed by atoms with van der Waals surface area (Å²) in [5.41, 5.74) is 2.67. The van der Waals surface area contributed by atoms with Gasteiger partial charge in [-0.05, 0) is 30.2 Å². The van der Waals surface area contributed by atoms with Crippen LogP contribution in [-0.2, 0) is 26.6 Å². The number of nitrogens with zero attached hydrogens (tertiary/aromatic N) is 1. The molecule has 0 saturated heterocycles. The Morgan fingerprint density at radius 1 is 1.05 bits per heavy atom. The minimum atomic E-state index is 0.917. The molecule has 0 unspecified atom stereocenters. The van der Waals surface area contributed by atoms with Crippen LogP contribution in [0.25, 0.3) is 10.9 Å². The number of fused-ring (bicyclic) bond motifs is 1. The average Bonchev–Trinajstić information content (AvgIpc) is 3.05. The number of rotatable bonds is 5. The summed E-state index contributed by atoms with van der Waals surface area (Å²) in [5, 5.41) is 4.91. The number of aryl methyl sites for hydroxylation is 2. The lowest BCUT2D eigenvalue weighted by molar-refractivity contribution is 0.702. The van der Waals surface area contributed by atoms with Gasteiger partial charge < -0.3 is 9.88 Å². The molecule has 0 aliphatic rings. The molecule has 0 aliphatic heterocycles. The molecule has 0 spiro atoms. The Bertz CT molecular complexity index is 709. The van der Waals surface area contributed by atoms with E-state index in [1.807, 2.05) is 11.3 Å². The predicted molar refractivity (Wildman–Crippen MR) is 87.2 cm³/mol. The van der Waals surface area contributed by atoms with Crippen LogP contribution in [-0.4, -0.2) is 4.57 Å². The number of hydrogen-bond acceptors (Lipinski definition) is 2. The van der Waals surface area contributed by atoms with Gasteiger partial charge in [0.25, 0.3) is 0 Å². The largest absolute Gasteiger partial charge is 0.350 e. The summed E-state index contributed by atoms with van der Waals surface area (Å²) >= 11 is 1.91. The van der Waals surface area contributed by atoms with Crippen LogP contribution >= 0.6 is 11.3 Å². The van der Waals surface area contributed by atoms with Gasteiger partial charge in [0.05, 0.1) is 0 Å². The molecule has 1 N–H and O–H groups in total. The second-order valence-electron chi connectivity index (χ2n) is 5.11. The van der Waals surface area contributed by atoms with Crippen LogP contribution in [0.5, 0.6) is 0 Å². The van der Waals surface area contributed by atoms with E-state index < -0.39 is 0 Å². The number of benzene rings is 1. The van der Waals surface area contributed by atoms with E-state index in [1.165, 1.54) is 26.2 Å². The third kappa shape index (κ3) is 2.65. The molecule has 0 radical (unpaired) electrons. The standard InChI is InChI=1S/C17H20N2S/c1-3-14-8-9-15(20-14)11-18-10-13-12-19(2)17-7-5-4-6-16(13)17/h4-9,12,18H,3,10-11H2,1-2H3. The van der Waals surface area contributed by atoms with Gasteiger partial charge in [0, 0.05) is 47.0 Å². The highest BCUT2D eigenvalue weighted by Crippen LogP contribution is 2.21. The van der Waals surface area contributed by atoms with E-state index in [9.17, 15) is 0 Å². The SMILES string of the molecule is CCc1ccc(CNCc2cn(C)c3ccccc23)s1. The van der Waals surface area contributed by atoms with Crippen molar-refractivity contribution >= 4 is 22.2 Å². The van der Waals surface area contributed by atoms with Crippen molar-refractivity contribution in [3.8, 4) is 0 Å². The molecular weight excluding hydrogens is 264 g/mol. The summed E-state index contributed by atoms with van der Waals surface area (Å²) in [7, 11) is 2.11. The molecule has 104 valence electrons. The molecule has 2 heterocycles. The zero-order valence-corrected chi connectivity index (χ0v) is 12.8. The normalized spacial score (nSPS) is 11.3. The number of nitrogens with one attached hydrogen (secondary N) is 1. The molecule has 3 rings (SSSR count). The number of para-hydroxylation sites is 1. The zero-order valence-electron chi connectivity index (χ0n) is 12.0. The Morgan fingerprint density at radius 2 is 1.85 bits per heavy atom. The molecule has 0 saturated carbocycles. The molecular formula is C17H20N2S. The van der Waals surface area contributed by atoms with Crippen LogP contribution in [0.1, 0.15) is 22.2 Å². The molecule has 0 aliphatic carbocycles. The second-order valence-corrected chi connectivity index (χ2v) is 6.36. The summed E-state index contributed by atoms with van der Waals surface area (Å²) in [6.45, 7) is 4.08. The second kappa shape index (κ2) is 5.81. The Labute approximate surface area is 124 Å². The number of hydrogen-bond donors (Lipinski definition) is 1. The lowest BCUT2D eigenvalue weighted by Crippen LogP contribution is -2.11. The maximum Gasteiger partial charge on any atom is 0.0481 e. The van der Waals surface area contributed by atoms with Crippen molar-refractivity contribution in [2.75, 3.05) is 0 Å². The maximum absolute atomic E-state index is 3.56. The fraction of sp³-hybridized carbons (Fsp3) is 0.294. The Kier molecular flexibility index (Phi) is 3.90. The Balaban J connectivity index is 1.68. The van der Waals surface area contributed by atoms with E-state index in [-0.39, 0.29) is 0 Å². The highest BCUT2D eigenvalue weighted by molar-refractivity contribution is 7.11. The fourth-order valence-corrected chi connectivity index (χ4v) is 3.52. The Hall–Kier alpha value is -1.58. The van der Waals surface area contributed by atoms with Gasteiger partial charge in [0.15, 0.2) is 0 Å². The third-order valence-electron chi connectivity index (χ3n) is 3.66. The maximum atomic E-state index is 3.56. The average molecular weight is 284 g/mol. The van der Waals surface area contributed by atoms with Crippen LogP contribution < -0.4 is 5.32 Å². The van der Waals surface area contributed by atoms with Crippen molar-refractivity contribution < 1.29 is 0 Å². The molecule has 2 aromatic heterocycles. The molecule has 0 amide bonds. The lowest BCUT2D eigenvalue weighted by Gasteiger charge is -2.02. The zero-order chi connectivity index (χ0) is 13.9. The van der Waals surface area contributed by atoms with Crippen molar-refractivity contribution in [1.29, 1.82) is 0 Å². The molecule has 0 atom stereocenters. The van der Waals surface area contributed by atoms with Gasteiger partial charge in [0.2, 0.25) is 0 Å². The van der Waals surface area contributed by atoms with E-state index in [1.54, 1.807) is 0 Å². The van der Waals surface area contributed by atoms with Crippen LogP contribution in [0.4, 0.5) is 0 Å². The lowest BCUT2D eigenvalue weighted by atomic mass is 10.2. The van der Waals surface area contributed by atoms with Crippen molar-refractivity contribution in [1.82, 2.24) is 9.88 Å². The molecule has 2 nitrogen and oxygen atoms in total. The first kappa shape index (κ1) is 13.4. The van der Waals surface area contributed by atoms with Crippen molar-refractivity contribution in [3.63, 3.8) is 0 Å². The van der Waals surface area contributed by atoms with Gasteiger partial charge >= 0.3 is 0 Å². The van der Waals surface area contributed by atoms with Gasteiger partial charge in [-0.25, -0.2) is 0 Å². The van der Waals surface area contributed by atoms with Crippen molar-refractivity contribution in [2.45, 2.75) is 26.4 Å². The molecule has 3 heteroatoms. The topological polar surface area (TPSA) is 17.0 Å². The predicted octanol–water partition coefficient (Wildman–Crippen LogP) is 4.09. The van der Waals surface area contributed by atoms with Crippen molar-refractivity contribution in [2.24, 2.45) is 7.05 Å². The summed E-state index contributed by atoms with van der Waals surface area (Å²) in [6, 6.07) is 13.0. The van der Waals surface area contributed by atoms with Crippen LogP contribution in [0.15, 0.2) is 42.6 Å². The minimum Gasteiger partial charge on any atom is -0.350 e. The Morgan fingerprint density at radius 3 is 2.65 bits per heavy atom. The van der Waals surface area contributed by atoms with Gasteiger partial charge in [0.1, 0.15) is 0 Å². The summed E-state index contributed by atoms with van der Waals surface area (Å²) in [4.78, 5) is 2.88. The number of aromatic nitrogens is 1. The summed E-state index contributed by atoms with van der Waals surface area (Å²) in [6.07, 6.45) is 3.36. The van der Waals surface area contributed by atoms with Crippen LogP contribution in [0.2, 0.25) is 0 Å². The smallest absolute Gasteiger partial charge is 0.0481 e. The van der Waals surface area contributed by atoms with E-state index in [4.69, 9.17) is 0 Å². The van der Waals surface area contributed by atoms with Crippen molar-refractivity contribution in [3.05, 3.63) is 57.9 Å². The first-order chi connectivity index (χ1) is 9.78. The van der Waals surface area contributed by atoms with Gasteiger partial charge in [-0.2, -0.15) is 0 Å². The molecule has 1 aromatic carbocycles. The molecule has 0 bridgehead atoms. The highest BCUT2D eigenvalue weighted by atomic mass is 32.1. The minimum absolute atomic E-state index is 0.917. The van der Waals surface area contributed by atoms with E-state index in [2.05, 4.69) is 66.5 Å². The summed E-state index contributed by atoms with van der Waals surface area (Å²) < 4.78 is 2.20.